The van der Waals surface area contributed by atoms with Crippen LogP contribution in [0.1, 0.15) is 22.3 Å². The minimum atomic E-state index is -0.285. The van der Waals surface area contributed by atoms with Crippen molar-refractivity contribution in [1.29, 1.82) is 0 Å². The topological polar surface area (TPSA) is 22.0 Å². The van der Waals surface area contributed by atoms with Crippen LogP contribution in [0.2, 0.25) is 0 Å². The first-order chi connectivity index (χ1) is 10.5. The van der Waals surface area contributed by atoms with E-state index in [1.165, 1.54) is 23.3 Å². The van der Waals surface area contributed by atoms with Gasteiger partial charge in [-0.3, -0.25) is 4.79 Å². The molecule has 0 saturated carbocycles. The zero-order valence-corrected chi connectivity index (χ0v) is 13.0. The fourth-order valence-electron chi connectivity index (χ4n) is 2.77. The van der Waals surface area contributed by atoms with Crippen LogP contribution in [-0.4, -0.2) is 4.57 Å². The van der Waals surface area contributed by atoms with E-state index in [0.29, 0.717) is 6.54 Å². The van der Waals surface area contributed by atoms with E-state index >= 15 is 0 Å². The van der Waals surface area contributed by atoms with Gasteiger partial charge in [0, 0.05) is 11.5 Å². The van der Waals surface area contributed by atoms with Crippen molar-refractivity contribution in [3.8, 4) is 0 Å². The normalized spacial score (nSPS) is 11.1. The van der Waals surface area contributed by atoms with Gasteiger partial charge in [0.05, 0.1) is 12.1 Å². The van der Waals surface area contributed by atoms with E-state index in [4.69, 9.17) is 0 Å². The number of aromatic nitrogens is 1. The molecular formula is C19H18FNO. The van der Waals surface area contributed by atoms with Crippen LogP contribution >= 0.6 is 0 Å². The summed E-state index contributed by atoms with van der Waals surface area (Å²) in [5, 5.41) is 0.781. The van der Waals surface area contributed by atoms with Crippen LogP contribution in [0.3, 0.4) is 0 Å². The van der Waals surface area contributed by atoms with Crippen molar-refractivity contribution in [3.05, 3.63) is 80.9 Å². The molecule has 0 radical (unpaired) electrons. The van der Waals surface area contributed by atoms with Gasteiger partial charge in [0.1, 0.15) is 5.82 Å². The molecule has 3 rings (SSSR count). The van der Waals surface area contributed by atoms with E-state index in [9.17, 15) is 9.18 Å². The molecule has 0 spiro atoms. The van der Waals surface area contributed by atoms with Crippen LogP contribution in [0.25, 0.3) is 10.9 Å². The van der Waals surface area contributed by atoms with Gasteiger partial charge in [-0.15, -0.1) is 0 Å². The number of aryl methyl sites for hydroxylation is 3. The average Bonchev–Trinajstić information content (AvgIpc) is 2.47. The van der Waals surface area contributed by atoms with E-state index < -0.39 is 0 Å². The number of pyridine rings is 1. The highest BCUT2D eigenvalue weighted by Crippen LogP contribution is 2.19. The Hall–Kier alpha value is -2.42. The lowest BCUT2D eigenvalue weighted by atomic mass is 10.1. The predicted molar refractivity (Wildman–Crippen MR) is 87.9 cm³/mol. The minimum Gasteiger partial charge on any atom is -0.304 e. The van der Waals surface area contributed by atoms with Crippen molar-refractivity contribution in [2.75, 3.05) is 0 Å². The maximum absolute atomic E-state index is 13.5. The van der Waals surface area contributed by atoms with Gasteiger partial charge in [0.15, 0.2) is 0 Å². The summed E-state index contributed by atoms with van der Waals surface area (Å²) in [6.07, 6.45) is 0. The van der Waals surface area contributed by atoms with Gasteiger partial charge in [-0.1, -0.05) is 18.2 Å². The Morgan fingerprint density at radius 1 is 0.909 bits per heavy atom. The first kappa shape index (κ1) is 14.5. The van der Waals surface area contributed by atoms with Gasteiger partial charge in [-0.2, -0.15) is 0 Å². The molecule has 0 amide bonds. The summed E-state index contributed by atoms with van der Waals surface area (Å²) in [7, 11) is 0. The number of rotatable bonds is 2. The van der Waals surface area contributed by atoms with E-state index in [1.54, 1.807) is 16.7 Å². The molecule has 0 saturated heterocycles. The molecule has 1 heterocycles. The van der Waals surface area contributed by atoms with Gasteiger partial charge in [-0.25, -0.2) is 4.39 Å². The molecule has 0 unspecified atom stereocenters. The Kier molecular flexibility index (Phi) is 3.57. The van der Waals surface area contributed by atoms with Gasteiger partial charge in [-0.05, 0) is 61.2 Å². The van der Waals surface area contributed by atoms with E-state index in [-0.39, 0.29) is 11.4 Å². The zero-order valence-electron chi connectivity index (χ0n) is 13.0. The smallest absolute Gasteiger partial charge is 0.251 e. The SMILES string of the molecule is Cc1ccc(Cn2c(=O)cc(C)c3cc(F)ccc32)cc1C. The second-order valence-electron chi connectivity index (χ2n) is 5.83. The zero-order chi connectivity index (χ0) is 15.9. The number of halogens is 1. The molecule has 22 heavy (non-hydrogen) atoms. The lowest BCUT2D eigenvalue weighted by Gasteiger charge is -2.13. The van der Waals surface area contributed by atoms with Crippen LogP contribution in [0, 0.1) is 26.6 Å². The Bertz CT molecular complexity index is 925. The van der Waals surface area contributed by atoms with E-state index in [1.807, 2.05) is 13.0 Å². The third-order valence-electron chi connectivity index (χ3n) is 4.19. The molecule has 0 fully saturated rings. The molecule has 1 aromatic heterocycles. The molecule has 0 aliphatic carbocycles. The largest absolute Gasteiger partial charge is 0.304 e. The fourth-order valence-corrected chi connectivity index (χ4v) is 2.77. The lowest BCUT2D eigenvalue weighted by molar-refractivity contribution is 0.629. The Morgan fingerprint density at radius 2 is 1.68 bits per heavy atom. The lowest BCUT2D eigenvalue weighted by Crippen LogP contribution is -2.21. The van der Waals surface area contributed by atoms with Gasteiger partial charge in [0.2, 0.25) is 0 Å². The molecule has 2 nitrogen and oxygen atoms in total. The Morgan fingerprint density at radius 3 is 2.41 bits per heavy atom. The second-order valence-corrected chi connectivity index (χ2v) is 5.83. The molecule has 2 aromatic carbocycles. The standard InChI is InChI=1S/C19H18FNO/c1-12-4-5-15(8-13(12)2)11-21-18-7-6-16(20)10-17(18)14(3)9-19(21)22/h4-10H,11H2,1-3H3. The van der Waals surface area contributed by atoms with Crippen LogP contribution in [0.4, 0.5) is 4.39 Å². The van der Waals surface area contributed by atoms with Gasteiger partial charge >= 0.3 is 0 Å². The maximum Gasteiger partial charge on any atom is 0.251 e. The molecule has 0 aliphatic heterocycles. The fraction of sp³-hybridized carbons (Fsp3) is 0.211. The second kappa shape index (κ2) is 5.41. The molecule has 112 valence electrons. The molecule has 0 aliphatic rings. The summed E-state index contributed by atoms with van der Waals surface area (Å²) in [5.74, 6) is -0.285. The maximum atomic E-state index is 13.5. The van der Waals surface area contributed by atoms with Crippen molar-refractivity contribution in [2.45, 2.75) is 27.3 Å². The van der Waals surface area contributed by atoms with Gasteiger partial charge in [0.25, 0.3) is 5.56 Å². The molecular weight excluding hydrogens is 277 g/mol. The summed E-state index contributed by atoms with van der Waals surface area (Å²) in [4.78, 5) is 12.4. The average molecular weight is 295 g/mol. The van der Waals surface area contributed by atoms with Crippen molar-refractivity contribution in [1.82, 2.24) is 4.57 Å². The highest BCUT2D eigenvalue weighted by Gasteiger charge is 2.08. The quantitative estimate of drug-likeness (QED) is 0.697. The number of hydrogen-bond acceptors (Lipinski definition) is 1. The van der Waals surface area contributed by atoms with Crippen LogP contribution < -0.4 is 5.56 Å². The third-order valence-corrected chi connectivity index (χ3v) is 4.19. The summed E-state index contributed by atoms with van der Waals surface area (Å²) in [5.41, 5.74) is 5.01. The molecule has 3 aromatic rings. The van der Waals surface area contributed by atoms with Crippen molar-refractivity contribution in [2.24, 2.45) is 0 Å². The summed E-state index contributed by atoms with van der Waals surface area (Å²) < 4.78 is 15.2. The van der Waals surface area contributed by atoms with Gasteiger partial charge < -0.3 is 4.57 Å². The minimum absolute atomic E-state index is 0.0603. The van der Waals surface area contributed by atoms with E-state index in [0.717, 1.165) is 22.0 Å². The van der Waals surface area contributed by atoms with Crippen molar-refractivity contribution < 1.29 is 4.39 Å². The predicted octanol–water partition coefficient (Wildman–Crippen LogP) is 4.11. The van der Waals surface area contributed by atoms with Crippen molar-refractivity contribution in [3.63, 3.8) is 0 Å². The summed E-state index contributed by atoms with van der Waals surface area (Å²) in [6.45, 7) is 6.45. The highest BCUT2D eigenvalue weighted by atomic mass is 19.1. The number of benzene rings is 2. The number of hydrogen-bond donors (Lipinski definition) is 0. The number of nitrogens with zero attached hydrogens (tertiary/aromatic N) is 1. The van der Waals surface area contributed by atoms with Crippen LogP contribution in [-0.2, 0) is 6.54 Å². The molecule has 0 atom stereocenters. The summed E-state index contributed by atoms with van der Waals surface area (Å²) >= 11 is 0. The van der Waals surface area contributed by atoms with Crippen molar-refractivity contribution >= 4 is 10.9 Å². The molecule has 3 heteroatoms. The van der Waals surface area contributed by atoms with Crippen LogP contribution in [0.15, 0.2) is 47.3 Å². The number of fused-ring (bicyclic) bond motifs is 1. The molecule has 0 bridgehead atoms. The summed E-state index contributed by atoms with van der Waals surface area (Å²) in [6, 6.07) is 12.3. The van der Waals surface area contributed by atoms with E-state index in [2.05, 4.69) is 26.0 Å². The monoisotopic (exact) mass is 295 g/mol. The first-order valence-corrected chi connectivity index (χ1v) is 7.31. The highest BCUT2D eigenvalue weighted by molar-refractivity contribution is 5.82. The van der Waals surface area contributed by atoms with Crippen LogP contribution in [0.5, 0.6) is 0 Å². The third kappa shape index (κ3) is 2.54. The first-order valence-electron chi connectivity index (χ1n) is 7.31. The molecule has 0 N–H and O–H groups in total. The Labute approximate surface area is 128 Å². The Balaban J connectivity index is 2.18.